The van der Waals surface area contributed by atoms with Gasteiger partial charge in [-0.15, -0.1) is 0 Å². The van der Waals surface area contributed by atoms with E-state index in [0.29, 0.717) is 11.1 Å². The molecule has 1 saturated heterocycles. The molecule has 1 unspecified atom stereocenters. The molecule has 1 aliphatic heterocycles. The molecule has 0 aromatic carbocycles. The molecular formula is C11H17N3S. The van der Waals surface area contributed by atoms with E-state index in [9.17, 15) is 0 Å². The summed E-state index contributed by atoms with van der Waals surface area (Å²) in [5.41, 5.74) is 8.05. The first-order valence-corrected chi connectivity index (χ1v) is 6.51. The number of nitrogens with zero attached hydrogens (tertiary/aromatic N) is 2. The summed E-state index contributed by atoms with van der Waals surface area (Å²) in [4.78, 5) is 9.03. The largest absolute Gasteiger partial charge is 0.383 e. The van der Waals surface area contributed by atoms with Gasteiger partial charge in [0.2, 0.25) is 0 Å². The molecule has 2 heterocycles. The summed E-state index contributed by atoms with van der Waals surface area (Å²) in [5.74, 6) is 2.82. The predicted molar refractivity (Wildman–Crippen MR) is 65.0 cm³/mol. The van der Waals surface area contributed by atoms with Crippen LogP contribution in [0.2, 0.25) is 0 Å². The van der Waals surface area contributed by atoms with Crippen molar-refractivity contribution < 1.29 is 0 Å². The molecule has 2 N–H and O–H groups in total. The zero-order chi connectivity index (χ0) is 10.8. The molecule has 82 valence electrons. The summed E-state index contributed by atoms with van der Waals surface area (Å²) in [6.45, 7) is 4.11. The Labute approximate surface area is 94.9 Å². The van der Waals surface area contributed by atoms with E-state index in [2.05, 4.69) is 16.9 Å². The van der Waals surface area contributed by atoms with Gasteiger partial charge >= 0.3 is 0 Å². The van der Waals surface area contributed by atoms with Crippen LogP contribution in [0.25, 0.3) is 0 Å². The van der Waals surface area contributed by atoms with Gasteiger partial charge in [0.15, 0.2) is 0 Å². The quantitative estimate of drug-likeness (QED) is 0.837. The number of thioether (sulfide) groups is 1. The van der Waals surface area contributed by atoms with Crippen molar-refractivity contribution in [1.82, 2.24) is 9.97 Å². The third-order valence-corrected chi connectivity index (χ3v) is 4.23. The van der Waals surface area contributed by atoms with Crippen LogP contribution in [-0.2, 0) is 6.42 Å². The van der Waals surface area contributed by atoms with E-state index < -0.39 is 0 Å². The first-order valence-electron chi connectivity index (χ1n) is 5.47. The Balaban J connectivity index is 2.35. The fourth-order valence-electron chi connectivity index (χ4n) is 1.87. The fraction of sp³-hybridized carbons (Fsp3) is 0.636. The summed E-state index contributed by atoms with van der Waals surface area (Å²) in [6, 6.07) is 0. The number of aryl methyl sites for hydroxylation is 1. The Hall–Kier alpha value is -0.770. The van der Waals surface area contributed by atoms with Crippen molar-refractivity contribution >= 4 is 17.6 Å². The SMILES string of the molecule is CCc1nc(C2CCCS2)nc(N)c1C. The summed E-state index contributed by atoms with van der Waals surface area (Å²) >= 11 is 1.95. The Morgan fingerprint density at radius 3 is 2.87 bits per heavy atom. The molecule has 1 aromatic rings. The first-order chi connectivity index (χ1) is 7.22. The Bertz CT molecular complexity index is 359. The lowest BCUT2D eigenvalue weighted by atomic mass is 10.1. The van der Waals surface area contributed by atoms with Gasteiger partial charge in [0.1, 0.15) is 11.6 Å². The maximum Gasteiger partial charge on any atom is 0.143 e. The van der Waals surface area contributed by atoms with Gasteiger partial charge in [-0.25, -0.2) is 9.97 Å². The van der Waals surface area contributed by atoms with Gasteiger partial charge in [-0.1, -0.05) is 6.92 Å². The van der Waals surface area contributed by atoms with E-state index >= 15 is 0 Å². The van der Waals surface area contributed by atoms with Crippen LogP contribution in [0.15, 0.2) is 0 Å². The van der Waals surface area contributed by atoms with E-state index in [-0.39, 0.29) is 0 Å². The van der Waals surface area contributed by atoms with Crippen LogP contribution >= 0.6 is 11.8 Å². The molecule has 0 aliphatic carbocycles. The van der Waals surface area contributed by atoms with Crippen molar-refractivity contribution in [2.75, 3.05) is 11.5 Å². The number of hydrogen-bond acceptors (Lipinski definition) is 4. The Morgan fingerprint density at radius 1 is 1.47 bits per heavy atom. The highest BCUT2D eigenvalue weighted by Gasteiger charge is 2.21. The molecule has 1 aliphatic rings. The minimum absolute atomic E-state index is 0.471. The molecule has 4 heteroatoms. The van der Waals surface area contributed by atoms with Crippen molar-refractivity contribution in [3.63, 3.8) is 0 Å². The minimum Gasteiger partial charge on any atom is -0.383 e. The van der Waals surface area contributed by atoms with Gasteiger partial charge in [-0.2, -0.15) is 11.8 Å². The van der Waals surface area contributed by atoms with E-state index in [1.165, 1.54) is 18.6 Å². The molecule has 2 rings (SSSR count). The summed E-state index contributed by atoms with van der Waals surface area (Å²) in [6.07, 6.45) is 3.40. The zero-order valence-electron chi connectivity index (χ0n) is 9.29. The molecule has 0 saturated carbocycles. The lowest BCUT2D eigenvalue weighted by Gasteiger charge is -2.12. The second-order valence-electron chi connectivity index (χ2n) is 3.89. The Morgan fingerprint density at radius 2 is 2.27 bits per heavy atom. The number of rotatable bonds is 2. The number of nitrogen functional groups attached to an aromatic ring is 1. The summed E-state index contributed by atoms with van der Waals surface area (Å²) in [7, 11) is 0. The highest BCUT2D eigenvalue weighted by molar-refractivity contribution is 7.99. The first kappa shape index (κ1) is 10.7. The standard InChI is InChI=1S/C11H17N3S/c1-3-8-7(2)10(12)14-11(13-8)9-5-4-6-15-9/h9H,3-6H2,1-2H3,(H2,12,13,14). The average Bonchev–Trinajstić information content (AvgIpc) is 2.75. The average molecular weight is 223 g/mol. The highest BCUT2D eigenvalue weighted by atomic mass is 32.2. The van der Waals surface area contributed by atoms with Crippen LogP contribution in [0, 0.1) is 6.92 Å². The van der Waals surface area contributed by atoms with Gasteiger partial charge in [-0.3, -0.25) is 0 Å². The van der Waals surface area contributed by atoms with E-state index in [0.717, 1.165) is 23.5 Å². The highest BCUT2D eigenvalue weighted by Crippen LogP contribution is 2.38. The Kier molecular flexibility index (Phi) is 3.14. The number of aromatic nitrogens is 2. The van der Waals surface area contributed by atoms with Crippen molar-refractivity contribution in [1.29, 1.82) is 0 Å². The minimum atomic E-state index is 0.471. The lowest BCUT2D eigenvalue weighted by Crippen LogP contribution is -2.08. The van der Waals surface area contributed by atoms with Crippen LogP contribution < -0.4 is 5.73 Å². The van der Waals surface area contributed by atoms with Crippen LogP contribution in [0.5, 0.6) is 0 Å². The molecule has 1 atom stereocenters. The van der Waals surface area contributed by atoms with Gasteiger partial charge in [-0.05, 0) is 31.9 Å². The molecule has 1 fully saturated rings. The van der Waals surface area contributed by atoms with E-state index in [1.54, 1.807) is 0 Å². The third-order valence-electron chi connectivity index (χ3n) is 2.85. The van der Waals surface area contributed by atoms with E-state index in [4.69, 9.17) is 5.73 Å². The number of nitrogens with two attached hydrogens (primary N) is 1. The van der Waals surface area contributed by atoms with Gasteiger partial charge in [0.25, 0.3) is 0 Å². The smallest absolute Gasteiger partial charge is 0.143 e. The molecule has 0 amide bonds. The van der Waals surface area contributed by atoms with Crippen LogP contribution in [0.1, 0.15) is 42.1 Å². The third kappa shape index (κ3) is 2.09. The molecule has 1 aromatic heterocycles. The predicted octanol–water partition coefficient (Wildman–Crippen LogP) is 2.50. The van der Waals surface area contributed by atoms with Gasteiger partial charge in [0.05, 0.1) is 5.25 Å². The van der Waals surface area contributed by atoms with Crippen LogP contribution in [0.4, 0.5) is 5.82 Å². The van der Waals surface area contributed by atoms with Crippen molar-refractivity contribution in [3.05, 3.63) is 17.1 Å². The normalized spacial score (nSPS) is 20.8. The number of hydrogen-bond donors (Lipinski definition) is 1. The molecule has 15 heavy (non-hydrogen) atoms. The zero-order valence-corrected chi connectivity index (χ0v) is 10.1. The fourth-order valence-corrected chi connectivity index (χ4v) is 3.08. The second-order valence-corrected chi connectivity index (χ2v) is 5.20. The number of anilines is 1. The lowest BCUT2D eigenvalue weighted by molar-refractivity contribution is 0.764. The summed E-state index contributed by atoms with van der Waals surface area (Å²) < 4.78 is 0. The molecule has 0 spiro atoms. The second kappa shape index (κ2) is 4.39. The summed E-state index contributed by atoms with van der Waals surface area (Å²) in [5, 5.41) is 0.471. The van der Waals surface area contributed by atoms with Crippen molar-refractivity contribution in [2.24, 2.45) is 0 Å². The van der Waals surface area contributed by atoms with Crippen LogP contribution in [0.3, 0.4) is 0 Å². The molecular weight excluding hydrogens is 206 g/mol. The topological polar surface area (TPSA) is 51.8 Å². The van der Waals surface area contributed by atoms with E-state index in [1.807, 2.05) is 18.7 Å². The van der Waals surface area contributed by atoms with Crippen LogP contribution in [-0.4, -0.2) is 15.7 Å². The molecule has 3 nitrogen and oxygen atoms in total. The monoisotopic (exact) mass is 223 g/mol. The van der Waals surface area contributed by atoms with Crippen molar-refractivity contribution in [2.45, 2.75) is 38.4 Å². The van der Waals surface area contributed by atoms with Gasteiger partial charge < -0.3 is 5.73 Å². The maximum atomic E-state index is 5.90. The molecule has 0 radical (unpaired) electrons. The maximum absolute atomic E-state index is 5.90. The molecule has 0 bridgehead atoms. The van der Waals surface area contributed by atoms with Crippen molar-refractivity contribution in [3.8, 4) is 0 Å². The van der Waals surface area contributed by atoms with Gasteiger partial charge in [0, 0.05) is 11.3 Å².